The minimum Gasteiger partial charge on any atom is -0.462 e. The van der Waals surface area contributed by atoms with Crippen LogP contribution in [0.25, 0.3) is 0 Å². The smallest absolute Gasteiger partial charge is 0.462 e. The highest BCUT2D eigenvalue weighted by Gasteiger charge is 2.56. The zero-order valence-corrected chi connectivity index (χ0v) is 42.7. The number of unbranched alkanes of at least 4 members (excludes halogenated alkanes) is 22. The maximum Gasteiger partial charge on any atom is 0.472 e. The molecule has 0 saturated heterocycles. The monoisotopic (exact) mass is 1020 g/mol. The van der Waals surface area contributed by atoms with E-state index < -0.39 is 91.3 Å². The Kier molecular flexibility index (Phi) is 35.5. The molecule has 1 aliphatic carbocycles. The van der Waals surface area contributed by atoms with Crippen molar-refractivity contribution in [3.63, 3.8) is 0 Å². The molecule has 1 saturated carbocycles. The largest absolute Gasteiger partial charge is 0.472 e. The van der Waals surface area contributed by atoms with Crippen LogP contribution in [0, 0.1) is 0 Å². The van der Waals surface area contributed by atoms with Crippen molar-refractivity contribution in [2.45, 2.75) is 236 Å². The number of aliphatic hydroxyl groups is 3. The number of hydrogen-bond donors (Lipinski definition) is 8. The van der Waals surface area contributed by atoms with Crippen molar-refractivity contribution in [1.82, 2.24) is 0 Å². The second-order valence-electron chi connectivity index (χ2n) is 17.4. The van der Waals surface area contributed by atoms with Crippen LogP contribution < -0.4 is 0 Å². The summed E-state index contributed by atoms with van der Waals surface area (Å²) in [6.07, 6.45) is 20.5. The molecule has 0 bridgehead atoms. The van der Waals surface area contributed by atoms with Gasteiger partial charge in [-0.25, -0.2) is 13.7 Å². The topological polar surface area (TPSA) is 303 Å². The van der Waals surface area contributed by atoms with E-state index >= 15 is 0 Å². The fraction of sp³-hybridized carbons (Fsp3) is 0.867. The minimum absolute atomic E-state index is 0.0119. The average molecular weight is 1020 g/mol. The van der Waals surface area contributed by atoms with Gasteiger partial charge in [-0.2, -0.15) is 0 Å². The molecule has 67 heavy (non-hydrogen) atoms. The standard InChI is InChI=1S/C45H85O19P3/c1-3-5-7-9-11-13-15-17-19-21-23-25-27-29-31-33-38(46)59-35-37(61-39(47)34-32-30-28-26-24-22-20-18-16-14-12-10-8-6-4-2)36-60-67(57,58)64-43-40(48)41(49)44(62-65(51,52)53)45(42(43)50)63-66(54,55)56/h17-20,37,40-45,48-50H,3-16,21-36H2,1-2H3,(H,57,58)(H2,51,52,53)(H2,54,55,56)/b19-17-,20-18-/t37?,40-,41+,42+,43-,44-,45-/m1/s1. The van der Waals surface area contributed by atoms with Gasteiger partial charge in [0.1, 0.15) is 43.2 Å². The van der Waals surface area contributed by atoms with E-state index in [1.807, 2.05) is 0 Å². The van der Waals surface area contributed by atoms with Gasteiger partial charge in [-0.15, -0.1) is 0 Å². The Morgan fingerprint density at radius 2 is 0.821 bits per heavy atom. The summed E-state index contributed by atoms with van der Waals surface area (Å²) < 4.78 is 65.5. The van der Waals surface area contributed by atoms with Gasteiger partial charge in [-0.1, -0.05) is 141 Å². The van der Waals surface area contributed by atoms with E-state index in [4.69, 9.17) is 18.5 Å². The quantitative estimate of drug-likeness (QED) is 0.0122. The van der Waals surface area contributed by atoms with E-state index in [2.05, 4.69) is 47.2 Å². The van der Waals surface area contributed by atoms with Gasteiger partial charge >= 0.3 is 35.4 Å². The SMILES string of the molecule is CCCCCCCC/C=C\CCCCCCCC(=O)OCC(COP(=O)(O)O[C@@H]1[C@H](O)[C@H](O)[C@@H](OP(=O)(O)O)[C@H](OP(=O)(O)O)[C@H]1O)OC(=O)CCCCCCC/C=C\CCCCCCCC. The number of allylic oxidation sites excluding steroid dienone is 4. The number of carbonyl (C=O) groups is 2. The number of aliphatic hydroxyl groups excluding tert-OH is 3. The number of hydrogen-bond acceptors (Lipinski definition) is 14. The molecule has 22 heteroatoms. The van der Waals surface area contributed by atoms with Gasteiger partial charge in [-0.3, -0.25) is 27.7 Å². The molecule has 1 rings (SSSR count). The predicted octanol–water partition coefficient (Wildman–Crippen LogP) is 9.07. The van der Waals surface area contributed by atoms with E-state index in [0.717, 1.165) is 77.0 Å². The molecule has 0 spiro atoms. The molecule has 0 amide bonds. The summed E-state index contributed by atoms with van der Waals surface area (Å²) in [6, 6.07) is 0. The van der Waals surface area contributed by atoms with Gasteiger partial charge in [0.05, 0.1) is 6.61 Å². The maximum absolute atomic E-state index is 13.1. The first-order valence-electron chi connectivity index (χ1n) is 24.6. The molecular weight excluding hydrogens is 937 g/mol. The van der Waals surface area contributed by atoms with Crippen LogP contribution in [0.4, 0.5) is 0 Å². The fourth-order valence-corrected chi connectivity index (χ4v) is 9.61. The molecule has 394 valence electrons. The third-order valence-corrected chi connectivity index (χ3v) is 13.3. The lowest BCUT2D eigenvalue weighted by Gasteiger charge is -2.44. The Hall–Kier alpha value is -1.37. The van der Waals surface area contributed by atoms with E-state index in [1.54, 1.807) is 0 Å². The van der Waals surface area contributed by atoms with Crippen molar-refractivity contribution in [2.24, 2.45) is 0 Å². The van der Waals surface area contributed by atoms with Crippen LogP contribution in [-0.4, -0.2) is 108 Å². The molecule has 0 aliphatic heterocycles. The maximum atomic E-state index is 13.1. The molecular formula is C45H85O19P3. The Morgan fingerprint density at radius 3 is 1.24 bits per heavy atom. The number of phosphoric acid groups is 3. The summed E-state index contributed by atoms with van der Waals surface area (Å²) in [4.78, 5) is 73.2. The molecule has 1 aliphatic rings. The lowest BCUT2D eigenvalue weighted by atomic mass is 9.85. The lowest BCUT2D eigenvalue weighted by molar-refractivity contribution is -0.213. The molecule has 8 atom stereocenters. The summed E-state index contributed by atoms with van der Waals surface area (Å²) in [7, 11) is -16.6. The van der Waals surface area contributed by atoms with Gasteiger partial charge < -0.3 is 49.3 Å². The van der Waals surface area contributed by atoms with E-state index in [-0.39, 0.29) is 12.8 Å². The van der Waals surface area contributed by atoms with Gasteiger partial charge in [0.25, 0.3) is 0 Å². The second kappa shape index (κ2) is 37.4. The first-order chi connectivity index (χ1) is 31.8. The summed E-state index contributed by atoms with van der Waals surface area (Å²) in [5.74, 6) is -1.31. The first kappa shape index (κ1) is 63.6. The highest BCUT2D eigenvalue weighted by molar-refractivity contribution is 7.47. The van der Waals surface area contributed by atoms with Gasteiger partial charge in [0, 0.05) is 12.8 Å². The van der Waals surface area contributed by atoms with Crippen molar-refractivity contribution in [3.05, 3.63) is 24.3 Å². The van der Waals surface area contributed by atoms with Crippen molar-refractivity contribution in [3.8, 4) is 0 Å². The normalized spacial score (nSPS) is 21.8. The van der Waals surface area contributed by atoms with Gasteiger partial charge in [0.15, 0.2) is 6.10 Å². The van der Waals surface area contributed by atoms with Crippen molar-refractivity contribution in [2.75, 3.05) is 13.2 Å². The van der Waals surface area contributed by atoms with Crippen LogP contribution >= 0.6 is 23.5 Å². The molecule has 0 aromatic carbocycles. The first-order valence-corrected chi connectivity index (χ1v) is 29.2. The molecule has 2 unspecified atom stereocenters. The summed E-state index contributed by atoms with van der Waals surface area (Å²) >= 11 is 0. The van der Waals surface area contributed by atoms with Gasteiger partial charge in [-0.05, 0) is 64.2 Å². The average Bonchev–Trinajstić information content (AvgIpc) is 3.25. The summed E-state index contributed by atoms with van der Waals surface area (Å²) in [6.45, 7) is 2.93. The van der Waals surface area contributed by atoms with E-state index in [0.29, 0.717) is 12.8 Å². The third-order valence-electron chi connectivity index (χ3n) is 11.2. The molecule has 19 nitrogen and oxygen atoms in total. The predicted molar refractivity (Wildman–Crippen MR) is 252 cm³/mol. The molecule has 0 heterocycles. The van der Waals surface area contributed by atoms with Crippen LogP contribution in [-0.2, 0) is 50.9 Å². The zero-order chi connectivity index (χ0) is 50.0. The number of rotatable bonds is 42. The Morgan fingerprint density at radius 1 is 0.463 bits per heavy atom. The van der Waals surface area contributed by atoms with Crippen LogP contribution in [0.15, 0.2) is 24.3 Å². The third kappa shape index (κ3) is 33.8. The van der Waals surface area contributed by atoms with Crippen LogP contribution in [0.2, 0.25) is 0 Å². The van der Waals surface area contributed by atoms with E-state index in [1.165, 1.54) is 77.0 Å². The number of phosphoric ester groups is 3. The van der Waals surface area contributed by atoms with Crippen LogP contribution in [0.3, 0.4) is 0 Å². The molecule has 0 aromatic rings. The summed E-state index contributed by atoms with van der Waals surface area (Å²) in [5, 5.41) is 31.9. The zero-order valence-electron chi connectivity index (χ0n) is 40.0. The fourth-order valence-electron chi connectivity index (χ4n) is 7.51. The second-order valence-corrected chi connectivity index (χ2v) is 21.2. The Balaban J connectivity index is 2.73. The van der Waals surface area contributed by atoms with E-state index in [9.17, 15) is 63.1 Å². The molecule has 0 aromatic heterocycles. The van der Waals surface area contributed by atoms with Crippen LogP contribution in [0.1, 0.15) is 194 Å². The minimum atomic E-state index is -5.60. The van der Waals surface area contributed by atoms with Gasteiger partial charge in [0.2, 0.25) is 0 Å². The van der Waals surface area contributed by atoms with Crippen molar-refractivity contribution < 1.29 is 90.6 Å². The van der Waals surface area contributed by atoms with Crippen molar-refractivity contribution in [1.29, 1.82) is 0 Å². The molecule has 8 N–H and O–H groups in total. The van der Waals surface area contributed by atoms with Crippen LogP contribution in [0.5, 0.6) is 0 Å². The lowest BCUT2D eigenvalue weighted by Crippen LogP contribution is -2.65. The highest BCUT2D eigenvalue weighted by Crippen LogP contribution is 2.51. The number of ether oxygens (including phenoxy) is 2. The summed E-state index contributed by atoms with van der Waals surface area (Å²) in [5.41, 5.74) is 0. The number of carbonyl (C=O) groups excluding carboxylic acids is 2. The number of esters is 2. The molecule has 1 fully saturated rings. The Labute approximate surface area is 398 Å². The van der Waals surface area contributed by atoms with Crippen molar-refractivity contribution >= 4 is 35.4 Å². The molecule has 0 radical (unpaired) electrons. The highest BCUT2D eigenvalue weighted by atomic mass is 31.2. The Bertz CT molecular complexity index is 1500.